The van der Waals surface area contributed by atoms with Crippen molar-refractivity contribution in [3.63, 3.8) is 0 Å². The van der Waals surface area contributed by atoms with E-state index in [-0.39, 0.29) is 17.6 Å². The summed E-state index contributed by atoms with van der Waals surface area (Å²) in [5.41, 5.74) is 2.88. The van der Waals surface area contributed by atoms with E-state index in [0.717, 1.165) is 38.5 Å². The molecule has 0 bridgehead atoms. The van der Waals surface area contributed by atoms with Gasteiger partial charge in [-0.3, -0.25) is 0 Å². The molecule has 1 spiro atoms. The smallest absolute Gasteiger partial charge is 0.0620 e. The third-order valence-corrected chi connectivity index (χ3v) is 5.05. The molecular weight excluding hydrogens is 258 g/mol. The maximum atomic E-state index is 10.4. The van der Waals surface area contributed by atoms with Crippen LogP contribution in [0.15, 0.2) is 30.5 Å². The summed E-state index contributed by atoms with van der Waals surface area (Å²) in [4.78, 5) is 0. The number of hydrogen-bond acceptors (Lipinski definition) is 2. The number of aliphatic hydroxyl groups is 1. The Kier molecular flexibility index (Phi) is 5.88. The predicted octanol–water partition coefficient (Wildman–Crippen LogP) is 3.34. The molecule has 1 saturated carbocycles. The molecule has 2 aliphatic rings. The summed E-state index contributed by atoms with van der Waals surface area (Å²) in [5, 5.41) is 14.3. The second-order valence-electron chi connectivity index (χ2n) is 6.39. The van der Waals surface area contributed by atoms with Crippen molar-refractivity contribution in [2.24, 2.45) is 5.92 Å². The van der Waals surface area contributed by atoms with Crippen LogP contribution in [0.25, 0.3) is 0 Å². The highest BCUT2D eigenvalue weighted by Crippen LogP contribution is 2.41. The van der Waals surface area contributed by atoms with Crippen LogP contribution in [-0.2, 0) is 0 Å². The Balaban J connectivity index is 2.10. The van der Waals surface area contributed by atoms with E-state index in [4.69, 9.17) is 6.42 Å². The first-order valence-electron chi connectivity index (χ1n) is 8.15. The van der Waals surface area contributed by atoms with Gasteiger partial charge in [-0.15, -0.1) is 12.2 Å². The number of piperidine rings is 1. The lowest BCUT2D eigenvalue weighted by atomic mass is 9.66. The molecular formula is C19H27NO. The van der Waals surface area contributed by atoms with E-state index in [2.05, 4.69) is 23.5 Å². The van der Waals surface area contributed by atoms with Crippen molar-refractivity contribution in [3.8, 4) is 12.3 Å². The highest BCUT2D eigenvalue weighted by atomic mass is 16.3. The molecule has 2 fully saturated rings. The van der Waals surface area contributed by atoms with Gasteiger partial charge in [-0.05, 0) is 57.1 Å². The first kappa shape index (κ1) is 16.1. The van der Waals surface area contributed by atoms with Gasteiger partial charge >= 0.3 is 0 Å². The van der Waals surface area contributed by atoms with Gasteiger partial charge in [0.25, 0.3) is 0 Å². The predicted molar refractivity (Wildman–Crippen MR) is 87.8 cm³/mol. The van der Waals surface area contributed by atoms with Crippen molar-refractivity contribution < 1.29 is 5.11 Å². The fourth-order valence-corrected chi connectivity index (χ4v) is 4.09. The topological polar surface area (TPSA) is 32.3 Å². The third kappa shape index (κ3) is 3.89. The molecule has 2 nitrogen and oxygen atoms in total. The van der Waals surface area contributed by atoms with Gasteiger partial charge in [0.1, 0.15) is 0 Å². The van der Waals surface area contributed by atoms with Crippen molar-refractivity contribution >= 4 is 0 Å². The maximum Gasteiger partial charge on any atom is 0.0620 e. The van der Waals surface area contributed by atoms with Gasteiger partial charge in [0.05, 0.1) is 6.10 Å². The Morgan fingerprint density at radius 2 is 2.10 bits per heavy atom. The molecule has 0 amide bonds. The van der Waals surface area contributed by atoms with Gasteiger partial charge < -0.3 is 10.4 Å². The summed E-state index contributed by atoms with van der Waals surface area (Å²) in [5.74, 6) is 2.71. The SMILES string of the molecule is C#C/C=C\[C@@H]1[C@@H](O)CCC[C@]12CCC[C@@H](CCC=C=C)N2. The molecule has 4 atom stereocenters. The molecule has 1 aliphatic carbocycles. The third-order valence-electron chi connectivity index (χ3n) is 5.05. The van der Waals surface area contributed by atoms with Crippen LogP contribution in [0, 0.1) is 18.3 Å². The van der Waals surface area contributed by atoms with Crippen LogP contribution in [0.3, 0.4) is 0 Å². The summed E-state index contributed by atoms with van der Waals surface area (Å²) < 4.78 is 0. The molecule has 1 saturated heterocycles. The molecule has 21 heavy (non-hydrogen) atoms. The molecule has 114 valence electrons. The Morgan fingerprint density at radius 3 is 2.81 bits per heavy atom. The van der Waals surface area contributed by atoms with Gasteiger partial charge in [0.2, 0.25) is 0 Å². The summed E-state index contributed by atoms with van der Waals surface area (Å²) >= 11 is 0. The standard InChI is InChI=1S/C19H27NO/c1-3-5-7-10-16-11-8-14-19(20-16)15-9-13-18(21)17(19)12-6-4-2/h2,5-6,12,16-18,20-21H,1,7-11,13-15H2/b12-6-/t16-,17-,18+,19-/m1/s1. The lowest BCUT2D eigenvalue weighted by Crippen LogP contribution is -2.61. The minimum atomic E-state index is -0.275. The number of allylic oxidation sites excluding steroid dienone is 2. The van der Waals surface area contributed by atoms with Crippen molar-refractivity contribution in [2.45, 2.75) is 69.1 Å². The zero-order valence-corrected chi connectivity index (χ0v) is 12.9. The van der Waals surface area contributed by atoms with Crippen LogP contribution in [0.2, 0.25) is 0 Å². The molecule has 0 radical (unpaired) electrons. The Labute approximate surface area is 129 Å². The monoisotopic (exact) mass is 285 g/mol. The van der Waals surface area contributed by atoms with E-state index in [9.17, 15) is 5.11 Å². The van der Waals surface area contributed by atoms with Crippen LogP contribution in [-0.4, -0.2) is 22.8 Å². The second-order valence-corrected chi connectivity index (χ2v) is 6.39. The minimum absolute atomic E-state index is 0.0336. The molecule has 1 heterocycles. The van der Waals surface area contributed by atoms with Crippen LogP contribution in [0.4, 0.5) is 0 Å². The largest absolute Gasteiger partial charge is 0.392 e. The zero-order valence-electron chi connectivity index (χ0n) is 12.9. The number of aliphatic hydroxyl groups excluding tert-OH is 1. The summed E-state index contributed by atoms with van der Waals surface area (Å²) in [7, 11) is 0. The highest BCUT2D eigenvalue weighted by Gasteiger charge is 2.45. The maximum absolute atomic E-state index is 10.4. The molecule has 2 rings (SSSR count). The van der Waals surface area contributed by atoms with Crippen molar-refractivity contribution in [1.82, 2.24) is 5.32 Å². The van der Waals surface area contributed by atoms with Crippen LogP contribution in [0.1, 0.15) is 51.4 Å². The summed E-state index contributed by atoms with van der Waals surface area (Å²) in [6.45, 7) is 3.62. The average molecular weight is 285 g/mol. The lowest BCUT2D eigenvalue weighted by molar-refractivity contribution is 0.00300. The van der Waals surface area contributed by atoms with E-state index in [1.165, 1.54) is 12.8 Å². The number of nitrogens with one attached hydrogen (secondary N) is 1. The van der Waals surface area contributed by atoms with Crippen LogP contribution >= 0.6 is 0 Å². The first-order valence-corrected chi connectivity index (χ1v) is 8.15. The lowest BCUT2D eigenvalue weighted by Gasteiger charge is -2.51. The Hall–Kier alpha value is -1.26. The van der Waals surface area contributed by atoms with Gasteiger partial charge in [0.15, 0.2) is 0 Å². The molecule has 1 aliphatic heterocycles. The Bertz CT molecular complexity index is 451. The van der Waals surface area contributed by atoms with Crippen LogP contribution in [0.5, 0.6) is 0 Å². The molecule has 0 aromatic carbocycles. The fraction of sp³-hybridized carbons (Fsp3) is 0.632. The number of hydrogen-bond donors (Lipinski definition) is 2. The van der Waals surface area contributed by atoms with E-state index >= 15 is 0 Å². The van der Waals surface area contributed by atoms with Crippen molar-refractivity contribution in [1.29, 1.82) is 0 Å². The van der Waals surface area contributed by atoms with Gasteiger partial charge in [-0.1, -0.05) is 25.0 Å². The Morgan fingerprint density at radius 1 is 1.33 bits per heavy atom. The van der Waals surface area contributed by atoms with Crippen molar-refractivity contribution in [2.75, 3.05) is 0 Å². The minimum Gasteiger partial charge on any atom is -0.392 e. The van der Waals surface area contributed by atoms with E-state index < -0.39 is 0 Å². The van der Waals surface area contributed by atoms with E-state index in [0.29, 0.717) is 6.04 Å². The van der Waals surface area contributed by atoms with Crippen molar-refractivity contribution in [3.05, 3.63) is 30.5 Å². The second kappa shape index (κ2) is 7.66. The van der Waals surface area contributed by atoms with Gasteiger partial charge in [-0.2, -0.15) is 0 Å². The van der Waals surface area contributed by atoms with Gasteiger partial charge in [0, 0.05) is 17.5 Å². The summed E-state index contributed by atoms with van der Waals surface area (Å²) in [6, 6.07) is 0.524. The molecule has 2 heteroatoms. The normalized spacial score (nSPS) is 36.3. The number of rotatable bonds is 4. The first-order chi connectivity index (χ1) is 10.2. The molecule has 0 aromatic rings. The van der Waals surface area contributed by atoms with Crippen LogP contribution < -0.4 is 5.32 Å². The molecule has 2 N–H and O–H groups in total. The van der Waals surface area contributed by atoms with E-state index in [1.807, 2.05) is 12.2 Å². The number of terminal acetylenes is 1. The molecule has 0 aromatic heterocycles. The fourth-order valence-electron chi connectivity index (χ4n) is 4.09. The van der Waals surface area contributed by atoms with E-state index in [1.54, 1.807) is 6.08 Å². The quantitative estimate of drug-likeness (QED) is 0.613. The molecule has 0 unspecified atom stereocenters. The van der Waals surface area contributed by atoms with Gasteiger partial charge in [-0.25, -0.2) is 0 Å². The summed E-state index contributed by atoms with van der Waals surface area (Å²) in [6.07, 6.45) is 19.7. The average Bonchev–Trinajstić information content (AvgIpc) is 2.47. The zero-order chi connectivity index (χ0) is 15.1. The highest BCUT2D eigenvalue weighted by molar-refractivity contribution is 5.17.